The largest absolute Gasteiger partial charge is 0.139 e. The van der Waals surface area contributed by atoms with Crippen LogP contribution in [0.2, 0.25) is 0 Å². The van der Waals surface area contributed by atoms with Crippen LogP contribution in [0.3, 0.4) is 0 Å². The van der Waals surface area contributed by atoms with Crippen LogP contribution in [0.5, 0.6) is 0 Å². The quantitative estimate of drug-likeness (QED) is 0.223. The molecule has 0 spiro atoms. The first-order valence-electron chi connectivity index (χ1n) is 8.38. The average Bonchev–Trinajstić information content (AvgIpc) is 2.67. The molecule has 0 unspecified atom stereocenters. The maximum Gasteiger partial charge on any atom is 0.102 e. The maximum atomic E-state index is 4.61. The van der Waals surface area contributed by atoms with Crippen molar-refractivity contribution in [1.29, 1.82) is 0 Å². The van der Waals surface area contributed by atoms with Crippen LogP contribution in [-0.2, 0) is 0 Å². The zero-order valence-corrected chi connectivity index (χ0v) is 13.9. The minimum absolute atomic E-state index is 1.25. The van der Waals surface area contributed by atoms with Gasteiger partial charge in [0, 0.05) is 0 Å². The number of fused-ring (bicyclic) bond motifs is 7. The molecule has 0 fully saturated rings. The molecule has 25 heavy (non-hydrogen) atoms. The molecule has 0 nitrogen and oxygen atoms in total. The van der Waals surface area contributed by atoms with Gasteiger partial charge in [0.05, 0.1) is 0 Å². The molecule has 5 aromatic rings. The third kappa shape index (κ3) is 2.58. The third-order valence-corrected chi connectivity index (χ3v) is 4.65. The van der Waals surface area contributed by atoms with Crippen molar-refractivity contribution in [2.75, 3.05) is 0 Å². The number of rotatable bonds is 0. The van der Waals surface area contributed by atoms with E-state index >= 15 is 0 Å². The second-order valence-corrected chi connectivity index (χ2v) is 6.06. The third-order valence-electron chi connectivity index (χ3n) is 4.65. The van der Waals surface area contributed by atoms with Gasteiger partial charge < -0.3 is 0 Å². The lowest BCUT2D eigenvalue weighted by Crippen LogP contribution is -1.82. The first kappa shape index (κ1) is 15.5. The fraction of sp³-hybridized carbons (Fsp3) is 0. The van der Waals surface area contributed by atoms with Crippen molar-refractivity contribution in [3.8, 4) is 0 Å². The highest BCUT2D eigenvalue weighted by Gasteiger charge is 2.06. The lowest BCUT2D eigenvalue weighted by molar-refractivity contribution is 1.78. The number of hydrogen-bond acceptors (Lipinski definition) is 0. The van der Waals surface area contributed by atoms with Gasteiger partial charge in [-0.3, -0.25) is 0 Å². The predicted molar refractivity (Wildman–Crippen MR) is 112 cm³/mol. The summed E-state index contributed by atoms with van der Waals surface area (Å²) in [6, 6.07) is 30.7. The van der Waals surface area contributed by atoms with E-state index in [1.807, 2.05) is 0 Å². The van der Waals surface area contributed by atoms with E-state index in [0.29, 0.717) is 0 Å². The summed E-state index contributed by atoms with van der Waals surface area (Å²) >= 11 is 0. The summed E-state index contributed by atoms with van der Waals surface area (Å²) < 4.78 is 0. The zero-order valence-electron chi connectivity index (χ0n) is 13.9. The van der Waals surface area contributed by atoms with E-state index in [1.54, 1.807) is 0 Å². The lowest BCUT2D eigenvalue weighted by atomic mass is 9.94. The standard InChI is InChI=1S/C22H14.C2H3B/c1-3-7-17-15(5-1)9-11-21-19(17)13-14-20-18-8-4-2-6-16(18)10-12-22(20)21;1-2-3/h1-14H;2H,1H2. The molecule has 0 aromatic heterocycles. The van der Waals surface area contributed by atoms with Crippen molar-refractivity contribution < 1.29 is 0 Å². The van der Waals surface area contributed by atoms with Gasteiger partial charge >= 0.3 is 0 Å². The molecule has 2 radical (unpaired) electrons. The Morgan fingerprint density at radius 3 is 1.24 bits per heavy atom. The van der Waals surface area contributed by atoms with Gasteiger partial charge in [0.15, 0.2) is 0 Å². The van der Waals surface area contributed by atoms with Gasteiger partial charge in [-0.05, 0) is 43.1 Å². The second kappa shape index (κ2) is 6.45. The number of hydrogen-bond donors (Lipinski definition) is 0. The van der Waals surface area contributed by atoms with E-state index in [4.69, 9.17) is 0 Å². The highest BCUT2D eigenvalue weighted by atomic mass is 14.1. The Balaban J connectivity index is 0.000000490. The Hall–Kier alpha value is -3.06. The Kier molecular flexibility index (Phi) is 3.99. The molecular weight excluding hydrogens is 299 g/mol. The Morgan fingerprint density at radius 2 is 0.800 bits per heavy atom. The molecule has 0 aliphatic carbocycles. The fourth-order valence-corrected chi connectivity index (χ4v) is 3.59. The molecule has 0 aliphatic heterocycles. The number of benzene rings is 5. The van der Waals surface area contributed by atoms with Crippen LogP contribution in [0.15, 0.2) is 97.5 Å². The van der Waals surface area contributed by atoms with Crippen LogP contribution in [-0.4, -0.2) is 7.85 Å². The van der Waals surface area contributed by atoms with Crippen molar-refractivity contribution in [2.45, 2.75) is 0 Å². The topological polar surface area (TPSA) is 0 Å². The molecule has 116 valence electrons. The Labute approximate surface area is 148 Å². The molecule has 0 bridgehead atoms. The zero-order chi connectivity index (χ0) is 17.2. The smallest absolute Gasteiger partial charge is 0.102 e. The molecule has 5 rings (SSSR count). The summed E-state index contributed by atoms with van der Waals surface area (Å²) in [6.45, 7) is 3.14. The summed E-state index contributed by atoms with van der Waals surface area (Å²) in [4.78, 5) is 0. The van der Waals surface area contributed by atoms with Crippen molar-refractivity contribution in [3.05, 3.63) is 97.5 Å². The van der Waals surface area contributed by atoms with E-state index in [9.17, 15) is 0 Å². The minimum Gasteiger partial charge on any atom is -0.139 e. The van der Waals surface area contributed by atoms with E-state index in [0.717, 1.165) is 0 Å². The van der Waals surface area contributed by atoms with Gasteiger partial charge in [-0.1, -0.05) is 84.9 Å². The van der Waals surface area contributed by atoms with E-state index in [-0.39, 0.29) is 0 Å². The van der Waals surface area contributed by atoms with Crippen molar-refractivity contribution in [2.24, 2.45) is 0 Å². The summed E-state index contributed by atoms with van der Waals surface area (Å²) in [6.07, 6.45) is 0. The van der Waals surface area contributed by atoms with Crippen molar-refractivity contribution >= 4 is 50.9 Å². The van der Waals surface area contributed by atoms with E-state index < -0.39 is 0 Å². The Morgan fingerprint density at radius 1 is 0.480 bits per heavy atom. The molecule has 0 saturated heterocycles. The normalized spacial score (nSPS) is 10.7. The predicted octanol–water partition coefficient (Wildman–Crippen LogP) is 6.60. The van der Waals surface area contributed by atoms with Gasteiger partial charge in [-0.15, -0.1) is 12.6 Å². The van der Waals surface area contributed by atoms with Crippen molar-refractivity contribution in [1.82, 2.24) is 0 Å². The Bertz CT molecular complexity index is 1120. The van der Waals surface area contributed by atoms with E-state index in [1.165, 1.54) is 49.1 Å². The van der Waals surface area contributed by atoms with Crippen LogP contribution < -0.4 is 0 Å². The molecule has 1 heteroatoms. The second-order valence-electron chi connectivity index (χ2n) is 6.06. The maximum absolute atomic E-state index is 4.61. The van der Waals surface area contributed by atoms with Crippen LogP contribution in [0.4, 0.5) is 0 Å². The van der Waals surface area contributed by atoms with E-state index in [2.05, 4.69) is 99.4 Å². The molecule has 0 atom stereocenters. The van der Waals surface area contributed by atoms with Crippen molar-refractivity contribution in [3.63, 3.8) is 0 Å². The molecule has 5 aromatic carbocycles. The van der Waals surface area contributed by atoms with Crippen LogP contribution in [0, 0.1) is 0 Å². The summed E-state index contributed by atoms with van der Waals surface area (Å²) in [5, 5.41) is 10.6. The summed E-state index contributed by atoms with van der Waals surface area (Å²) in [5.41, 5.74) is 0. The molecular formula is C24H17B. The highest BCUT2D eigenvalue weighted by molar-refractivity contribution is 6.22. The van der Waals surface area contributed by atoms with Gasteiger partial charge in [0.1, 0.15) is 7.85 Å². The highest BCUT2D eigenvalue weighted by Crippen LogP contribution is 2.34. The van der Waals surface area contributed by atoms with Crippen LogP contribution in [0.1, 0.15) is 0 Å². The SMILES string of the molecule is [B]C=C.c1ccc2c(c1)ccc1c2ccc2c3ccccc3ccc21. The van der Waals surface area contributed by atoms with Gasteiger partial charge in [-0.2, -0.15) is 0 Å². The molecule has 0 saturated carbocycles. The molecule has 0 N–H and O–H groups in total. The lowest BCUT2D eigenvalue weighted by Gasteiger charge is -2.09. The van der Waals surface area contributed by atoms with Gasteiger partial charge in [0.25, 0.3) is 0 Å². The first-order chi connectivity index (χ1) is 12.3. The molecule has 0 heterocycles. The van der Waals surface area contributed by atoms with Gasteiger partial charge in [-0.25, -0.2) is 0 Å². The average molecular weight is 316 g/mol. The summed E-state index contributed by atoms with van der Waals surface area (Å²) in [7, 11) is 4.61. The first-order valence-corrected chi connectivity index (χ1v) is 8.38. The minimum atomic E-state index is 1.25. The fourth-order valence-electron chi connectivity index (χ4n) is 3.59. The van der Waals surface area contributed by atoms with Crippen LogP contribution >= 0.6 is 0 Å². The molecule has 0 amide bonds. The van der Waals surface area contributed by atoms with Crippen LogP contribution in [0.25, 0.3) is 43.1 Å². The molecule has 0 aliphatic rings. The summed E-state index contributed by atoms with van der Waals surface area (Å²) in [5.74, 6) is 1.25. The van der Waals surface area contributed by atoms with Gasteiger partial charge in [0.2, 0.25) is 0 Å². The monoisotopic (exact) mass is 316 g/mol.